The zero-order valence-corrected chi connectivity index (χ0v) is 22.7. The van der Waals surface area contributed by atoms with Crippen LogP contribution in [0.25, 0.3) is 5.69 Å². The van der Waals surface area contributed by atoms with Crippen molar-refractivity contribution in [3.63, 3.8) is 0 Å². The van der Waals surface area contributed by atoms with Gasteiger partial charge in [0, 0.05) is 37.4 Å². The smallest absolute Gasteiger partial charge is 0.322 e. The standard InChI is InChI=1S/C26H30Cl2FN5O3/c1-26(2,3)22-15-23(34(32-22)21-9-6-5-8-18(21)27)31-24(35)16-33(12-7-13-37-4)25(36)30-17-10-11-20(29)19(28)14-17/h5-6,8-11,14-15H,7,12-13,16H2,1-4H3,(H,30,36)(H,31,35). The Bertz CT molecular complexity index is 1260. The van der Waals surface area contributed by atoms with Crippen molar-refractivity contribution in [1.29, 1.82) is 0 Å². The van der Waals surface area contributed by atoms with Crippen LogP contribution in [-0.2, 0) is 14.9 Å². The number of methoxy groups -OCH3 is 1. The predicted molar refractivity (Wildman–Crippen MR) is 144 cm³/mol. The van der Waals surface area contributed by atoms with Gasteiger partial charge in [0.15, 0.2) is 0 Å². The first-order chi connectivity index (χ1) is 17.5. The molecule has 0 saturated carbocycles. The molecular weight excluding hydrogens is 520 g/mol. The summed E-state index contributed by atoms with van der Waals surface area (Å²) in [6.45, 7) is 6.45. The lowest BCUT2D eigenvalue weighted by Gasteiger charge is -2.23. The van der Waals surface area contributed by atoms with Crippen LogP contribution in [0.5, 0.6) is 0 Å². The lowest BCUT2D eigenvalue weighted by molar-refractivity contribution is -0.116. The van der Waals surface area contributed by atoms with Gasteiger partial charge in [-0.15, -0.1) is 0 Å². The number of rotatable bonds is 9. The molecule has 0 aliphatic carbocycles. The highest BCUT2D eigenvalue weighted by atomic mass is 35.5. The first-order valence-corrected chi connectivity index (χ1v) is 12.4. The predicted octanol–water partition coefficient (Wildman–Crippen LogP) is 6.12. The van der Waals surface area contributed by atoms with E-state index >= 15 is 0 Å². The first-order valence-electron chi connectivity index (χ1n) is 11.6. The lowest BCUT2D eigenvalue weighted by Crippen LogP contribution is -2.41. The number of halogens is 3. The molecule has 2 N–H and O–H groups in total. The van der Waals surface area contributed by atoms with E-state index in [-0.39, 0.29) is 23.5 Å². The van der Waals surface area contributed by atoms with Crippen LogP contribution in [0.15, 0.2) is 48.5 Å². The number of benzene rings is 2. The average molecular weight is 550 g/mol. The first kappa shape index (κ1) is 28.4. The number of urea groups is 1. The summed E-state index contributed by atoms with van der Waals surface area (Å²) in [6, 6.07) is 12.3. The molecule has 0 fully saturated rings. The molecule has 1 aromatic heterocycles. The Kier molecular flexibility index (Phi) is 9.53. The van der Waals surface area contributed by atoms with E-state index in [0.29, 0.717) is 35.2 Å². The maximum Gasteiger partial charge on any atom is 0.322 e. The van der Waals surface area contributed by atoms with Crippen molar-refractivity contribution in [3.05, 3.63) is 70.1 Å². The highest BCUT2D eigenvalue weighted by molar-refractivity contribution is 6.32. The van der Waals surface area contributed by atoms with E-state index in [9.17, 15) is 14.0 Å². The van der Waals surface area contributed by atoms with Gasteiger partial charge in [-0.3, -0.25) is 4.79 Å². The number of aromatic nitrogens is 2. The summed E-state index contributed by atoms with van der Waals surface area (Å²) in [5.74, 6) is -0.607. The minimum atomic E-state index is -0.597. The fraction of sp³-hybridized carbons (Fsp3) is 0.346. The lowest BCUT2D eigenvalue weighted by atomic mass is 9.92. The van der Waals surface area contributed by atoms with Gasteiger partial charge in [0.2, 0.25) is 5.91 Å². The molecule has 3 rings (SSSR count). The molecular formula is C26H30Cl2FN5O3. The molecule has 0 bridgehead atoms. The molecule has 0 atom stereocenters. The van der Waals surface area contributed by atoms with Crippen LogP contribution in [0.4, 0.5) is 20.7 Å². The van der Waals surface area contributed by atoms with Gasteiger partial charge < -0.3 is 20.3 Å². The second-order valence-electron chi connectivity index (χ2n) is 9.40. The summed E-state index contributed by atoms with van der Waals surface area (Å²) in [5.41, 5.74) is 1.39. The number of ether oxygens (including phenoxy) is 1. The van der Waals surface area contributed by atoms with Crippen molar-refractivity contribution < 1.29 is 18.7 Å². The van der Waals surface area contributed by atoms with Gasteiger partial charge in [0.1, 0.15) is 18.2 Å². The number of amides is 3. The molecule has 2 aromatic carbocycles. The molecule has 0 aliphatic heterocycles. The highest BCUT2D eigenvalue weighted by Gasteiger charge is 2.24. The maximum atomic E-state index is 13.5. The Morgan fingerprint density at radius 2 is 1.81 bits per heavy atom. The number of para-hydroxylation sites is 1. The van der Waals surface area contributed by atoms with Gasteiger partial charge in [-0.05, 0) is 36.8 Å². The normalized spacial score (nSPS) is 11.3. The molecule has 0 radical (unpaired) electrons. The van der Waals surface area contributed by atoms with Crippen molar-refractivity contribution in [2.24, 2.45) is 0 Å². The van der Waals surface area contributed by atoms with E-state index in [4.69, 9.17) is 27.9 Å². The van der Waals surface area contributed by atoms with Crippen molar-refractivity contribution >= 4 is 46.6 Å². The summed E-state index contributed by atoms with van der Waals surface area (Å²) in [7, 11) is 1.56. The Hall–Kier alpha value is -3.14. The highest BCUT2D eigenvalue weighted by Crippen LogP contribution is 2.29. The minimum Gasteiger partial charge on any atom is -0.385 e. The molecule has 0 unspecified atom stereocenters. The van der Waals surface area contributed by atoms with Crippen molar-refractivity contribution in [2.45, 2.75) is 32.6 Å². The average Bonchev–Trinajstić information content (AvgIpc) is 3.25. The summed E-state index contributed by atoms with van der Waals surface area (Å²) in [4.78, 5) is 27.5. The molecule has 0 saturated heterocycles. The molecule has 0 spiro atoms. The molecule has 3 amide bonds. The van der Waals surface area contributed by atoms with Crippen LogP contribution in [0.3, 0.4) is 0 Å². The molecule has 0 aliphatic rings. The fourth-order valence-corrected chi connectivity index (χ4v) is 3.82. The van der Waals surface area contributed by atoms with Gasteiger partial charge in [-0.25, -0.2) is 13.9 Å². The maximum absolute atomic E-state index is 13.5. The van der Waals surface area contributed by atoms with Crippen molar-refractivity contribution in [1.82, 2.24) is 14.7 Å². The number of carbonyl (C=O) groups excluding carboxylic acids is 2. The number of hydrogen-bond donors (Lipinski definition) is 2. The Balaban J connectivity index is 1.82. The van der Waals surface area contributed by atoms with Crippen LogP contribution >= 0.6 is 23.2 Å². The van der Waals surface area contributed by atoms with Gasteiger partial charge in [-0.1, -0.05) is 56.1 Å². The van der Waals surface area contributed by atoms with E-state index in [1.807, 2.05) is 32.9 Å². The summed E-state index contributed by atoms with van der Waals surface area (Å²) in [6.07, 6.45) is 0.507. The summed E-state index contributed by atoms with van der Waals surface area (Å²) in [5, 5.41) is 10.5. The van der Waals surface area contributed by atoms with Gasteiger partial charge >= 0.3 is 6.03 Å². The second kappa shape index (κ2) is 12.4. The van der Waals surface area contributed by atoms with Crippen LogP contribution in [-0.4, -0.2) is 53.4 Å². The van der Waals surface area contributed by atoms with Crippen LogP contribution in [0.2, 0.25) is 10.0 Å². The summed E-state index contributed by atoms with van der Waals surface area (Å²) >= 11 is 12.2. The number of anilines is 2. The third-order valence-corrected chi connectivity index (χ3v) is 6.00. The Labute approximate surface area is 225 Å². The van der Waals surface area contributed by atoms with E-state index in [2.05, 4.69) is 15.7 Å². The monoisotopic (exact) mass is 549 g/mol. The SMILES string of the molecule is COCCCN(CC(=O)Nc1cc(C(C)(C)C)nn1-c1ccccc1Cl)C(=O)Nc1ccc(F)c(Cl)c1. The summed E-state index contributed by atoms with van der Waals surface area (Å²) < 4.78 is 20.2. The number of hydrogen-bond acceptors (Lipinski definition) is 4. The molecule has 1 heterocycles. The van der Waals surface area contributed by atoms with Crippen molar-refractivity contribution in [3.8, 4) is 5.69 Å². The van der Waals surface area contributed by atoms with Gasteiger partial charge in [0.25, 0.3) is 0 Å². The zero-order valence-electron chi connectivity index (χ0n) is 21.1. The minimum absolute atomic E-state index is 0.121. The van der Waals surface area contributed by atoms with E-state index in [1.54, 1.807) is 30.0 Å². The van der Waals surface area contributed by atoms with Gasteiger partial charge in [-0.2, -0.15) is 5.10 Å². The number of carbonyl (C=O) groups is 2. The van der Waals surface area contributed by atoms with Crippen molar-refractivity contribution in [2.75, 3.05) is 37.4 Å². The fourth-order valence-electron chi connectivity index (χ4n) is 3.43. The largest absolute Gasteiger partial charge is 0.385 e. The third kappa shape index (κ3) is 7.67. The molecule has 37 heavy (non-hydrogen) atoms. The Morgan fingerprint density at radius 1 is 1.08 bits per heavy atom. The molecule has 198 valence electrons. The van der Waals surface area contributed by atoms with E-state index in [0.717, 1.165) is 11.8 Å². The number of nitrogens with zero attached hydrogens (tertiary/aromatic N) is 3. The van der Waals surface area contributed by atoms with E-state index < -0.39 is 17.8 Å². The molecule has 11 heteroatoms. The van der Waals surface area contributed by atoms with Crippen LogP contribution in [0.1, 0.15) is 32.9 Å². The Morgan fingerprint density at radius 3 is 2.46 bits per heavy atom. The van der Waals surface area contributed by atoms with E-state index in [1.165, 1.54) is 17.0 Å². The quantitative estimate of drug-likeness (QED) is 0.314. The van der Waals surface area contributed by atoms with Crippen LogP contribution in [0, 0.1) is 5.82 Å². The van der Waals surface area contributed by atoms with Gasteiger partial charge in [0.05, 0.1) is 21.4 Å². The van der Waals surface area contributed by atoms with Crippen LogP contribution < -0.4 is 10.6 Å². The number of nitrogens with one attached hydrogen (secondary N) is 2. The zero-order chi connectivity index (χ0) is 27.2. The molecule has 8 nitrogen and oxygen atoms in total. The third-order valence-electron chi connectivity index (χ3n) is 5.39. The second-order valence-corrected chi connectivity index (χ2v) is 10.2. The topological polar surface area (TPSA) is 88.5 Å². The molecule has 3 aromatic rings.